The van der Waals surface area contributed by atoms with Crippen molar-refractivity contribution in [2.45, 2.75) is 52.4 Å². The van der Waals surface area contributed by atoms with E-state index in [2.05, 4.69) is 63.5 Å². The van der Waals surface area contributed by atoms with Crippen LogP contribution in [0.25, 0.3) is 5.57 Å². The normalized spacial score (nSPS) is 20.5. The molecule has 0 bridgehead atoms. The lowest BCUT2D eigenvalue weighted by Crippen LogP contribution is -2.24. The van der Waals surface area contributed by atoms with E-state index < -0.39 is 0 Å². The smallest absolute Gasteiger partial charge is 0.00462 e. The van der Waals surface area contributed by atoms with E-state index in [1.165, 1.54) is 41.5 Å². The molecule has 24 heavy (non-hydrogen) atoms. The number of benzene rings is 1. The van der Waals surface area contributed by atoms with E-state index in [0.29, 0.717) is 5.92 Å². The second kappa shape index (κ2) is 9.03. The topological polar surface area (TPSA) is 12.0 Å². The van der Waals surface area contributed by atoms with Gasteiger partial charge in [0.15, 0.2) is 0 Å². The van der Waals surface area contributed by atoms with Gasteiger partial charge in [-0.2, -0.15) is 0 Å². The van der Waals surface area contributed by atoms with Crippen LogP contribution in [0.4, 0.5) is 0 Å². The minimum atomic E-state index is 0.664. The summed E-state index contributed by atoms with van der Waals surface area (Å²) in [7, 11) is 0. The zero-order valence-electron chi connectivity index (χ0n) is 15.7. The quantitative estimate of drug-likeness (QED) is 0.465. The van der Waals surface area contributed by atoms with E-state index in [1.54, 1.807) is 5.56 Å². The molecular formula is C23H33N. The predicted molar refractivity (Wildman–Crippen MR) is 107 cm³/mol. The van der Waals surface area contributed by atoms with Crippen molar-refractivity contribution in [3.63, 3.8) is 0 Å². The molecule has 2 atom stereocenters. The van der Waals surface area contributed by atoms with Gasteiger partial charge >= 0.3 is 0 Å². The van der Waals surface area contributed by atoms with Crippen LogP contribution in [0.3, 0.4) is 0 Å². The summed E-state index contributed by atoms with van der Waals surface area (Å²) in [5.74, 6) is 1.47. The highest BCUT2D eigenvalue weighted by molar-refractivity contribution is 5.66. The molecule has 130 valence electrons. The van der Waals surface area contributed by atoms with Gasteiger partial charge in [-0.15, -0.1) is 0 Å². The maximum atomic E-state index is 4.30. The lowest BCUT2D eigenvalue weighted by Gasteiger charge is -2.32. The molecule has 0 saturated carbocycles. The lowest BCUT2D eigenvalue weighted by molar-refractivity contribution is 0.360. The number of nitrogens with one attached hydrogen (secondary N) is 1. The third-order valence-electron chi connectivity index (χ3n) is 5.37. The second-order valence-electron chi connectivity index (χ2n) is 7.17. The summed E-state index contributed by atoms with van der Waals surface area (Å²) in [4.78, 5) is 0. The van der Waals surface area contributed by atoms with E-state index in [0.717, 1.165) is 25.4 Å². The van der Waals surface area contributed by atoms with Crippen molar-refractivity contribution in [3.8, 4) is 0 Å². The van der Waals surface area contributed by atoms with Crippen molar-refractivity contribution < 1.29 is 0 Å². The first-order valence-corrected chi connectivity index (χ1v) is 9.36. The Kier molecular flexibility index (Phi) is 7.05. The molecule has 1 aromatic carbocycles. The Morgan fingerprint density at radius 2 is 2.17 bits per heavy atom. The molecule has 0 spiro atoms. The van der Waals surface area contributed by atoms with Crippen molar-refractivity contribution in [2.24, 2.45) is 5.92 Å². The molecule has 1 heteroatoms. The van der Waals surface area contributed by atoms with Gasteiger partial charge in [-0.3, -0.25) is 0 Å². The van der Waals surface area contributed by atoms with Crippen molar-refractivity contribution in [1.29, 1.82) is 0 Å². The fourth-order valence-electron chi connectivity index (χ4n) is 3.89. The van der Waals surface area contributed by atoms with Crippen molar-refractivity contribution in [3.05, 3.63) is 65.8 Å². The predicted octanol–water partition coefficient (Wildman–Crippen LogP) is 5.89. The van der Waals surface area contributed by atoms with Gasteiger partial charge in [0.25, 0.3) is 0 Å². The van der Waals surface area contributed by atoms with Gasteiger partial charge in [0.05, 0.1) is 0 Å². The molecule has 0 amide bonds. The molecule has 0 aliphatic heterocycles. The van der Waals surface area contributed by atoms with Crippen LogP contribution in [0, 0.1) is 5.92 Å². The van der Waals surface area contributed by atoms with Crippen LogP contribution < -0.4 is 5.32 Å². The maximum absolute atomic E-state index is 4.30. The Morgan fingerprint density at radius 1 is 1.38 bits per heavy atom. The van der Waals surface area contributed by atoms with Gasteiger partial charge in [0.1, 0.15) is 0 Å². The summed E-state index contributed by atoms with van der Waals surface area (Å²) in [5, 5.41) is 3.47. The third-order valence-corrected chi connectivity index (χ3v) is 5.37. The summed E-state index contributed by atoms with van der Waals surface area (Å²) in [5.41, 5.74) is 6.90. The monoisotopic (exact) mass is 323 g/mol. The van der Waals surface area contributed by atoms with Crippen LogP contribution in [0.1, 0.15) is 62.6 Å². The van der Waals surface area contributed by atoms with Gasteiger partial charge in [-0.1, -0.05) is 62.9 Å². The fourth-order valence-corrected chi connectivity index (χ4v) is 3.89. The zero-order chi connectivity index (χ0) is 17.5. The van der Waals surface area contributed by atoms with E-state index >= 15 is 0 Å². The molecular weight excluding hydrogens is 290 g/mol. The molecule has 1 N–H and O–H groups in total. The molecule has 2 unspecified atom stereocenters. The van der Waals surface area contributed by atoms with Crippen molar-refractivity contribution >= 4 is 5.57 Å². The summed E-state index contributed by atoms with van der Waals surface area (Å²) >= 11 is 0. The largest absolute Gasteiger partial charge is 0.317 e. The zero-order valence-corrected chi connectivity index (χ0v) is 15.7. The molecule has 0 radical (unpaired) electrons. The molecule has 0 aromatic heterocycles. The fraction of sp³-hybridized carbons (Fsp3) is 0.478. The van der Waals surface area contributed by atoms with Crippen molar-refractivity contribution in [1.82, 2.24) is 5.32 Å². The number of allylic oxidation sites excluding steroid dienone is 4. The van der Waals surface area contributed by atoms with Crippen LogP contribution in [0.5, 0.6) is 0 Å². The first-order valence-electron chi connectivity index (χ1n) is 9.36. The standard InChI is InChI=1S/C23H33N/c1-6-8-17(3)15-18(4)21-11-12-23-19(5)20(13-14-24-7-2)9-10-22(23)16-21/h6,8,11-12,16,19-20,24H,1,4,7,9-10,13-15H2,2-3,5H3/b17-8+. The first-order chi connectivity index (χ1) is 11.6. The molecule has 1 nitrogen and oxygen atoms in total. The lowest BCUT2D eigenvalue weighted by atomic mass is 9.74. The van der Waals surface area contributed by atoms with E-state index in [1.807, 2.05) is 6.08 Å². The van der Waals surface area contributed by atoms with Gasteiger partial charge in [-0.25, -0.2) is 0 Å². The van der Waals surface area contributed by atoms with Gasteiger partial charge in [-0.05, 0) is 79.8 Å². The second-order valence-corrected chi connectivity index (χ2v) is 7.17. The summed E-state index contributed by atoms with van der Waals surface area (Å²) < 4.78 is 0. The highest BCUT2D eigenvalue weighted by Crippen LogP contribution is 2.38. The SMILES string of the molecule is C=C/C=C(\C)CC(=C)c1ccc2c(c1)CCC(CCNCC)C2C. The molecule has 1 aliphatic carbocycles. The Morgan fingerprint density at radius 3 is 2.88 bits per heavy atom. The number of fused-ring (bicyclic) bond motifs is 1. The van der Waals surface area contributed by atoms with Crippen LogP contribution >= 0.6 is 0 Å². The van der Waals surface area contributed by atoms with Crippen LogP contribution in [0.2, 0.25) is 0 Å². The Hall–Kier alpha value is -1.60. The number of rotatable bonds is 8. The Balaban J connectivity index is 2.08. The number of hydrogen-bond acceptors (Lipinski definition) is 1. The van der Waals surface area contributed by atoms with Crippen LogP contribution in [-0.4, -0.2) is 13.1 Å². The maximum Gasteiger partial charge on any atom is -0.00462 e. The third kappa shape index (κ3) is 4.70. The minimum absolute atomic E-state index is 0.664. The van der Waals surface area contributed by atoms with Gasteiger partial charge in [0, 0.05) is 0 Å². The molecule has 0 fully saturated rings. The van der Waals surface area contributed by atoms with E-state index in [4.69, 9.17) is 0 Å². The first kappa shape index (κ1) is 18.7. The minimum Gasteiger partial charge on any atom is -0.317 e. The van der Waals surface area contributed by atoms with E-state index in [9.17, 15) is 0 Å². The van der Waals surface area contributed by atoms with Crippen LogP contribution in [0.15, 0.2) is 49.1 Å². The molecule has 1 aliphatic rings. The number of aryl methyl sites for hydroxylation is 1. The molecule has 2 rings (SSSR count). The number of hydrogen-bond donors (Lipinski definition) is 1. The Labute approximate surface area is 148 Å². The van der Waals surface area contributed by atoms with Gasteiger partial charge < -0.3 is 5.32 Å². The average Bonchev–Trinajstić information content (AvgIpc) is 2.57. The molecule has 1 aromatic rings. The average molecular weight is 324 g/mol. The molecule has 0 saturated heterocycles. The highest BCUT2D eigenvalue weighted by atomic mass is 14.8. The summed E-state index contributed by atoms with van der Waals surface area (Å²) in [6.45, 7) is 17.0. The van der Waals surface area contributed by atoms with Gasteiger partial charge in [0.2, 0.25) is 0 Å². The summed E-state index contributed by atoms with van der Waals surface area (Å²) in [6, 6.07) is 7.01. The Bertz CT molecular complexity index is 608. The van der Waals surface area contributed by atoms with Crippen molar-refractivity contribution in [2.75, 3.05) is 13.1 Å². The van der Waals surface area contributed by atoms with E-state index in [-0.39, 0.29) is 0 Å². The molecule has 0 heterocycles. The summed E-state index contributed by atoms with van der Waals surface area (Å²) in [6.07, 6.45) is 8.65. The van der Waals surface area contributed by atoms with Crippen LogP contribution in [-0.2, 0) is 6.42 Å². The highest BCUT2D eigenvalue weighted by Gasteiger charge is 2.25.